The molecular formula is C15H22IN3O2. The summed E-state index contributed by atoms with van der Waals surface area (Å²) in [4.78, 5) is 16.3. The molecule has 1 aromatic rings. The van der Waals surface area contributed by atoms with Gasteiger partial charge in [0, 0.05) is 42.8 Å². The predicted octanol–water partition coefficient (Wildman–Crippen LogP) is 0.470. The number of rotatable bonds is 6. The van der Waals surface area contributed by atoms with Crippen molar-refractivity contribution in [3.63, 3.8) is 0 Å². The number of hydrogen-bond donors (Lipinski definition) is 2. The molecule has 0 spiro atoms. The summed E-state index contributed by atoms with van der Waals surface area (Å²) in [5.41, 5.74) is 6.57. The lowest BCUT2D eigenvalue weighted by Gasteiger charge is -2.35. The van der Waals surface area contributed by atoms with Crippen molar-refractivity contribution in [2.45, 2.75) is 5.92 Å². The van der Waals surface area contributed by atoms with E-state index in [9.17, 15) is 4.79 Å². The Balaban J connectivity index is 1.95. The van der Waals surface area contributed by atoms with Gasteiger partial charge in [-0.3, -0.25) is 14.6 Å². The number of halogens is 1. The minimum atomic E-state index is -0.269. The summed E-state index contributed by atoms with van der Waals surface area (Å²) in [5.74, 6) is -0.527. The molecule has 0 unspecified atom stereocenters. The summed E-state index contributed by atoms with van der Waals surface area (Å²) in [6, 6.07) is 7.98. The van der Waals surface area contributed by atoms with Crippen molar-refractivity contribution in [1.82, 2.24) is 9.80 Å². The molecule has 3 N–H and O–H groups in total. The maximum atomic E-state index is 11.8. The Morgan fingerprint density at radius 2 is 1.76 bits per heavy atom. The Labute approximate surface area is 139 Å². The first kappa shape index (κ1) is 16.7. The quantitative estimate of drug-likeness (QED) is 0.678. The zero-order valence-electron chi connectivity index (χ0n) is 12.0. The topological polar surface area (TPSA) is 69.8 Å². The number of aliphatic hydroxyl groups is 1. The first-order valence-corrected chi connectivity index (χ1v) is 8.28. The van der Waals surface area contributed by atoms with Gasteiger partial charge in [-0.2, -0.15) is 0 Å². The molecule has 6 heteroatoms. The lowest BCUT2D eigenvalue weighted by molar-refractivity contribution is -0.120. The molecule has 0 aliphatic carbocycles. The summed E-state index contributed by atoms with van der Waals surface area (Å²) >= 11 is 2.25. The third-order valence-electron chi connectivity index (χ3n) is 3.94. The first-order valence-electron chi connectivity index (χ1n) is 7.20. The average Bonchev–Trinajstić information content (AvgIpc) is 2.47. The minimum absolute atomic E-state index is 0.201. The molecule has 1 aliphatic rings. The third-order valence-corrected chi connectivity index (χ3v) is 4.66. The highest BCUT2D eigenvalue weighted by Gasteiger charge is 2.24. The highest BCUT2D eigenvalue weighted by Crippen LogP contribution is 2.19. The Hall–Kier alpha value is -0.700. The van der Waals surface area contributed by atoms with Crippen molar-refractivity contribution >= 4 is 28.5 Å². The Morgan fingerprint density at radius 3 is 2.29 bits per heavy atom. The van der Waals surface area contributed by atoms with E-state index in [-0.39, 0.29) is 18.4 Å². The van der Waals surface area contributed by atoms with Crippen LogP contribution in [0.1, 0.15) is 11.5 Å². The second kappa shape index (κ2) is 8.07. The van der Waals surface area contributed by atoms with Crippen molar-refractivity contribution in [3.8, 4) is 0 Å². The molecule has 1 amide bonds. The van der Waals surface area contributed by atoms with Gasteiger partial charge < -0.3 is 10.8 Å². The van der Waals surface area contributed by atoms with Crippen LogP contribution in [0.2, 0.25) is 0 Å². The van der Waals surface area contributed by atoms with Crippen LogP contribution in [0.4, 0.5) is 0 Å². The summed E-state index contributed by atoms with van der Waals surface area (Å²) in [6.07, 6.45) is 0. The number of benzene rings is 1. The number of amides is 1. The van der Waals surface area contributed by atoms with E-state index in [0.717, 1.165) is 41.9 Å². The molecule has 1 fully saturated rings. The molecule has 5 nitrogen and oxygen atoms in total. The van der Waals surface area contributed by atoms with Crippen LogP contribution in [0.25, 0.3) is 0 Å². The number of hydrogen-bond acceptors (Lipinski definition) is 4. The summed E-state index contributed by atoms with van der Waals surface area (Å²) < 4.78 is 1.15. The molecule has 1 atom stereocenters. The van der Waals surface area contributed by atoms with Crippen LogP contribution in [0.3, 0.4) is 0 Å². The van der Waals surface area contributed by atoms with E-state index in [2.05, 4.69) is 32.4 Å². The molecule has 1 saturated heterocycles. The number of primary amides is 1. The van der Waals surface area contributed by atoms with E-state index in [1.54, 1.807) is 0 Å². The molecule has 1 aromatic carbocycles. The number of nitrogens with two attached hydrogens (primary N) is 1. The van der Waals surface area contributed by atoms with E-state index >= 15 is 0 Å². The van der Waals surface area contributed by atoms with Crippen molar-refractivity contribution in [1.29, 1.82) is 0 Å². The minimum Gasteiger partial charge on any atom is -0.395 e. The van der Waals surface area contributed by atoms with E-state index in [4.69, 9.17) is 10.8 Å². The van der Waals surface area contributed by atoms with Gasteiger partial charge in [0.25, 0.3) is 0 Å². The number of β-amino-alcohol motifs (C(OH)–C–C–N with tert-alkyl or cyclic N) is 1. The zero-order valence-corrected chi connectivity index (χ0v) is 14.2. The van der Waals surface area contributed by atoms with Gasteiger partial charge in [0.05, 0.1) is 12.5 Å². The average molecular weight is 403 g/mol. The normalized spacial score (nSPS) is 18.6. The first-order chi connectivity index (χ1) is 10.1. The summed E-state index contributed by atoms with van der Waals surface area (Å²) in [7, 11) is 0. The van der Waals surface area contributed by atoms with Crippen LogP contribution in [-0.4, -0.2) is 66.7 Å². The summed E-state index contributed by atoms with van der Waals surface area (Å²) in [6.45, 7) is 5.28. The van der Waals surface area contributed by atoms with Crippen LogP contribution >= 0.6 is 22.6 Å². The van der Waals surface area contributed by atoms with Crippen molar-refractivity contribution in [2.24, 2.45) is 5.73 Å². The number of carbonyl (C=O) groups excluding carboxylic acids is 1. The molecule has 0 saturated carbocycles. The largest absolute Gasteiger partial charge is 0.395 e. The van der Waals surface area contributed by atoms with Crippen LogP contribution in [0, 0.1) is 3.57 Å². The van der Waals surface area contributed by atoms with Crippen LogP contribution in [0.15, 0.2) is 24.3 Å². The van der Waals surface area contributed by atoms with Crippen molar-refractivity contribution in [3.05, 3.63) is 33.4 Å². The maximum Gasteiger partial charge on any atom is 0.226 e. The molecule has 116 valence electrons. The molecule has 21 heavy (non-hydrogen) atoms. The fourth-order valence-corrected chi connectivity index (χ4v) is 3.01. The van der Waals surface area contributed by atoms with Crippen LogP contribution in [-0.2, 0) is 4.79 Å². The standard InChI is InChI=1S/C15H22IN3O2/c16-13-3-1-12(2-4-13)14(15(17)21)11-19-7-5-18(6-8-19)9-10-20/h1-4,14,20H,5-11H2,(H2,17,21)/t14-/m1/s1. The number of piperazine rings is 1. The number of nitrogens with zero attached hydrogens (tertiary/aromatic N) is 2. The third kappa shape index (κ3) is 4.91. The highest BCUT2D eigenvalue weighted by atomic mass is 127. The number of carbonyl (C=O) groups is 1. The predicted molar refractivity (Wildman–Crippen MR) is 91.1 cm³/mol. The SMILES string of the molecule is NC(=O)[C@H](CN1CCN(CCO)CC1)c1ccc(I)cc1. The molecule has 0 aromatic heterocycles. The molecule has 1 heterocycles. The van der Waals surface area contributed by atoms with Crippen molar-refractivity contribution in [2.75, 3.05) is 45.9 Å². The van der Waals surface area contributed by atoms with E-state index in [0.29, 0.717) is 6.54 Å². The smallest absolute Gasteiger partial charge is 0.226 e. The second-order valence-electron chi connectivity index (χ2n) is 5.37. The lowest BCUT2D eigenvalue weighted by atomic mass is 9.97. The maximum absolute atomic E-state index is 11.8. The second-order valence-corrected chi connectivity index (χ2v) is 6.62. The Morgan fingerprint density at radius 1 is 1.19 bits per heavy atom. The van der Waals surface area contributed by atoms with E-state index in [1.807, 2.05) is 24.3 Å². The zero-order chi connectivity index (χ0) is 15.2. The fourth-order valence-electron chi connectivity index (χ4n) is 2.65. The molecule has 1 aliphatic heterocycles. The van der Waals surface area contributed by atoms with Gasteiger partial charge in [0.2, 0.25) is 5.91 Å². The Kier molecular flexibility index (Phi) is 6.40. The van der Waals surface area contributed by atoms with Crippen molar-refractivity contribution < 1.29 is 9.90 Å². The monoisotopic (exact) mass is 403 g/mol. The molecular weight excluding hydrogens is 381 g/mol. The summed E-state index contributed by atoms with van der Waals surface area (Å²) in [5, 5.41) is 8.96. The van der Waals surface area contributed by atoms with Crippen LogP contribution in [0.5, 0.6) is 0 Å². The van der Waals surface area contributed by atoms with Gasteiger partial charge in [-0.1, -0.05) is 12.1 Å². The van der Waals surface area contributed by atoms with Gasteiger partial charge in [-0.15, -0.1) is 0 Å². The van der Waals surface area contributed by atoms with Crippen LogP contribution < -0.4 is 5.73 Å². The van der Waals surface area contributed by atoms with Gasteiger partial charge in [0.1, 0.15) is 0 Å². The molecule has 2 rings (SSSR count). The van der Waals surface area contributed by atoms with Gasteiger partial charge in [-0.05, 0) is 40.3 Å². The van der Waals surface area contributed by atoms with Gasteiger partial charge >= 0.3 is 0 Å². The number of aliphatic hydroxyl groups excluding tert-OH is 1. The van der Waals surface area contributed by atoms with Gasteiger partial charge in [0.15, 0.2) is 0 Å². The van der Waals surface area contributed by atoms with E-state index < -0.39 is 0 Å². The Bertz CT molecular complexity index is 458. The highest BCUT2D eigenvalue weighted by molar-refractivity contribution is 14.1. The fraction of sp³-hybridized carbons (Fsp3) is 0.533. The van der Waals surface area contributed by atoms with E-state index in [1.165, 1.54) is 0 Å². The molecule has 0 radical (unpaired) electrons. The molecule has 0 bridgehead atoms. The van der Waals surface area contributed by atoms with Gasteiger partial charge in [-0.25, -0.2) is 0 Å². The lowest BCUT2D eigenvalue weighted by Crippen LogP contribution is -2.49.